The molecule has 11 nitrogen and oxygen atoms in total. The molecule has 0 spiro atoms. The van der Waals surface area contributed by atoms with E-state index in [1.807, 2.05) is 49.4 Å². The van der Waals surface area contributed by atoms with Gasteiger partial charge in [-0.25, -0.2) is 4.39 Å². The Kier molecular flexibility index (Phi) is 10.5. The van der Waals surface area contributed by atoms with Crippen LogP contribution in [0.5, 0.6) is 11.5 Å². The summed E-state index contributed by atoms with van der Waals surface area (Å²) >= 11 is 0. The number of hydrogen-bond donors (Lipinski definition) is 4. The van der Waals surface area contributed by atoms with Crippen molar-refractivity contribution in [2.45, 2.75) is 26.4 Å². The Morgan fingerprint density at radius 3 is 2.57 bits per heavy atom. The van der Waals surface area contributed by atoms with Gasteiger partial charge in [-0.15, -0.1) is 0 Å². The van der Waals surface area contributed by atoms with Crippen LogP contribution in [0.4, 0.5) is 27.1 Å². The van der Waals surface area contributed by atoms with Crippen molar-refractivity contribution in [1.82, 2.24) is 0 Å². The van der Waals surface area contributed by atoms with E-state index in [9.17, 15) is 19.3 Å². The fourth-order valence-corrected chi connectivity index (χ4v) is 5.16. The number of aliphatic carboxylic acids is 1. The van der Waals surface area contributed by atoms with Crippen LogP contribution in [0.25, 0.3) is 11.1 Å². The Hall–Kier alpha value is -5.36. The van der Waals surface area contributed by atoms with Gasteiger partial charge in [-0.3, -0.25) is 14.9 Å². The zero-order chi connectivity index (χ0) is 32.5. The predicted octanol–water partition coefficient (Wildman–Crippen LogP) is 6.61. The topological polar surface area (TPSA) is 144 Å². The second-order valence-corrected chi connectivity index (χ2v) is 10.7. The van der Waals surface area contributed by atoms with Crippen LogP contribution in [0.2, 0.25) is 0 Å². The molecular formula is C34H35FN4O7. The highest BCUT2D eigenvalue weighted by molar-refractivity contribution is 5.91. The molecule has 240 valence electrons. The zero-order valence-corrected chi connectivity index (χ0v) is 25.3. The minimum absolute atomic E-state index is 0.0378. The lowest BCUT2D eigenvalue weighted by atomic mass is 9.99. The van der Waals surface area contributed by atoms with Crippen molar-refractivity contribution in [2.24, 2.45) is 0 Å². The van der Waals surface area contributed by atoms with Gasteiger partial charge in [0.1, 0.15) is 36.2 Å². The highest BCUT2D eigenvalue weighted by atomic mass is 19.1. The van der Waals surface area contributed by atoms with Gasteiger partial charge in [-0.1, -0.05) is 30.3 Å². The number of nitro groups is 1. The highest BCUT2D eigenvalue weighted by Gasteiger charge is 2.24. The van der Waals surface area contributed by atoms with Gasteiger partial charge in [-0.05, 0) is 71.5 Å². The third-order valence-corrected chi connectivity index (χ3v) is 7.44. The van der Waals surface area contributed by atoms with Crippen LogP contribution >= 0.6 is 0 Å². The molecule has 0 bridgehead atoms. The van der Waals surface area contributed by atoms with E-state index >= 15 is 0 Å². The van der Waals surface area contributed by atoms with E-state index in [0.29, 0.717) is 55.7 Å². The van der Waals surface area contributed by atoms with Gasteiger partial charge >= 0.3 is 5.97 Å². The average Bonchev–Trinajstić information content (AvgIpc) is 3.53. The lowest BCUT2D eigenvalue weighted by molar-refractivity contribution is -0.383. The lowest BCUT2D eigenvalue weighted by Gasteiger charge is -2.13. The maximum atomic E-state index is 14.3. The van der Waals surface area contributed by atoms with Gasteiger partial charge in [0.2, 0.25) is 0 Å². The number of hydrogen-bond acceptors (Lipinski definition) is 9. The van der Waals surface area contributed by atoms with Gasteiger partial charge in [-0.2, -0.15) is 0 Å². The van der Waals surface area contributed by atoms with E-state index < -0.39 is 16.7 Å². The van der Waals surface area contributed by atoms with E-state index in [1.54, 1.807) is 18.2 Å². The Bertz CT molecular complexity index is 1720. The zero-order valence-electron chi connectivity index (χ0n) is 25.3. The number of carbonyl (C=O) groups is 1. The average molecular weight is 631 g/mol. The first-order valence-electron chi connectivity index (χ1n) is 14.8. The summed E-state index contributed by atoms with van der Waals surface area (Å²) in [6.45, 7) is 4.45. The molecule has 0 atom stereocenters. The first-order valence-corrected chi connectivity index (χ1v) is 14.8. The van der Waals surface area contributed by atoms with E-state index in [2.05, 4.69) is 16.0 Å². The Labute approximate surface area is 265 Å². The Morgan fingerprint density at radius 1 is 0.978 bits per heavy atom. The normalized spacial score (nSPS) is 11.7. The van der Waals surface area contributed by atoms with E-state index in [0.717, 1.165) is 33.7 Å². The number of anilines is 3. The van der Waals surface area contributed by atoms with Crippen LogP contribution in [-0.4, -0.2) is 49.0 Å². The van der Waals surface area contributed by atoms with Crippen molar-refractivity contribution in [3.05, 3.63) is 105 Å². The number of benzene rings is 4. The van der Waals surface area contributed by atoms with Crippen LogP contribution in [0, 0.1) is 22.9 Å². The molecule has 0 radical (unpaired) electrons. The SMILES string of the molecule is Cc1cc(OCCOCCNc2ccc([N+](=O)[O-])c3c2NCN3)ccc1-c1cccc(COc2ccc(CCC(=O)O)c(F)c2)c1. The quantitative estimate of drug-likeness (QED) is 0.0607. The molecule has 1 heterocycles. The molecule has 0 amide bonds. The van der Waals surface area contributed by atoms with Gasteiger partial charge in [0.15, 0.2) is 0 Å². The molecule has 4 aromatic carbocycles. The largest absolute Gasteiger partial charge is 0.491 e. The van der Waals surface area contributed by atoms with Gasteiger partial charge < -0.3 is 35.3 Å². The van der Waals surface area contributed by atoms with Crippen molar-refractivity contribution < 1.29 is 33.4 Å². The van der Waals surface area contributed by atoms with Crippen molar-refractivity contribution in [3.63, 3.8) is 0 Å². The summed E-state index contributed by atoms with van der Waals surface area (Å²) in [4.78, 5) is 21.6. The molecule has 0 unspecified atom stereocenters. The molecule has 4 aromatic rings. The summed E-state index contributed by atoms with van der Waals surface area (Å²) in [6, 6.07) is 21.5. The summed E-state index contributed by atoms with van der Waals surface area (Å²) in [6.07, 6.45) is -0.000181. The van der Waals surface area contributed by atoms with E-state index in [1.165, 1.54) is 12.1 Å². The minimum Gasteiger partial charge on any atom is -0.491 e. The van der Waals surface area contributed by atoms with E-state index in [-0.39, 0.29) is 25.1 Å². The fourth-order valence-electron chi connectivity index (χ4n) is 5.16. The van der Waals surface area contributed by atoms with Crippen molar-refractivity contribution in [2.75, 3.05) is 49.0 Å². The van der Waals surface area contributed by atoms with Gasteiger partial charge in [0, 0.05) is 25.1 Å². The first kappa shape index (κ1) is 32.0. The van der Waals surface area contributed by atoms with Crippen LogP contribution < -0.4 is 25.4 Å². The third-order valence-electron chi connectivity index (χ3n) is 7.44. The molecule has 0 aliphatic carbocycles. The molecule has 0 saturated carbocycles. The number of fused-ring (bicyclic) bond motifs is 1. The summed E-state index contributed by atoms with van der Waals surface area (Å²) in [7, 11) is 0. The molecule has 4 N–H and O–H groups in total. The fraction of sp³-hybridized carbons (Fsp3) is 0.265. The number of nitro benzene ring substituents is 1. The molecule has 0 saturated heterocycles. The highest BCUT2D eigenvalue weighted by Crippen LogP contribution is 2.41. The number of ether oxygens (including phenoxy) is 3. The molecule has 1 aliphatic heterocycles. The smallest absolute Gasteiger partial charge is 0.303 e. The summed E-state index contributed by atoms with van der Waals surface area (Å²) in [5, 5.41) is 29.4. The second-order valence-electron chi connectivity index (χ2n) is 10.7. The Balaban J connectivity index is 1.06. The Morgan fingerprint density at radius 2 is 1.78 bits per heavy atom. The number of halogens is 1. The van der Waals surface area contributed by atoms with Crippen molar-refractivity contribution in [3.8, 4) is 22.6 Å². The van der Waals surface area contributed by atoms with Crippen LogP contribution in [0.15, 0.2) is 72.8 Å². The van der Waals surface area contributed by atoms with Crippen molar-refractivity contribution in [1.29, 1.82) is 0 Å². The van der Waals surface area contributed by atoms with Gasteiger partial charge in [0.25, 0.3) is 5.69 Å². The minimum atomic E-state index is -0.967. The monoisotopic (exact) mass is 630 g/mol. The van der Waals surface area contributed by atoms with Crippen LogP contribution in [0.3, 0.4) is 0 Å². The lowest BCUT2D eigenvalue weighted by Crippen LogP contribution is -2.14. The molecular weight excluding hydrogens is 595 g/mol. The number of nitrogens with one attached hydrogen (secondary N) is 3. The molecule has 46 heavy (non-hydrogen) atoms. The number of aryl methyl sites for hydroxylation is 2. The van der Waals surface area contributed by atoms with Crippen molar-refractivity contribution >= 4 is 28.7 Å². The maximum Gasteiger partial charge on any atom is 0.303 e. The van der Waals surface area contributed by atoms with Gasteiger partial charge in [0.05, 0.1) is 36.2 Å². The predicted molar refractivity (Wildman–Crippen MR) is 173 cm³/mol. The molecule has 5 rings (SSSR count). The molecule has 0 aromatic heterocycles. The standard InChI is InChI=1S/C34H35FN4O7/c1-22-17-26(45-16-15-44-14-13-36-30-10-11-31(39(42)43)34-33(30)37-21-38-34)8-9-28(22)25-4-2-3-23(18-25)20-46-27-7-5-24(29(35)19-27)6-12-32(40)41/h2-5,7-11,17-19,36-38H,6,12-16,20-21H2,1H3,(H,40,41). The number of carboxylic acid groups (broad SMARTS) is 1. The molecule has 0 fully saturated rings. The summed E-state index contributed by atoms with van der Waals surface area (Å²) in [5.74, 6) is -0.337. The number of nitrogens with zero attached hydrogens (tertiary/aromatic N) is 1. The first-order chi connectivity index (χ1) is 22.3. The summed E-state index contributed by atoms with van der Waals surface area (Å²) < 4.78 is 31.7. The number of rotatable bonds is 16. The molecule has 12 heteroatoms. The molecule has 1 aliphatic rings. The second kappa shape index (κ2) is 15.1. The van der Waals surface area contributed by atoms with Crippen LogP contribution in [-0.2, 0) is 22.6 Å². The number of carboxylic acids is 1. The summed E-state index contributed by atoms with van der Waals surface area (Å²) in [5.41, 5.74) is 6.36. The third kappa shape index (κ3) is 8.21. The van der Waals surface area contributed by atoms with Crippen LogP contribution in [0.1, 0.15) is 23.1 Å². The van der Waals surface area contributed by atoms with E-state index in [4.69, 9.17) is 19.3 Å². The maximum absolute atomic E-state index is 14.3.